The number of hydrogen-bond donors (Lipinski definition) is 1. The molecule has 1 heterocycles. The fraction of sp³-hybridized carbons (Fsp3) is 0.333. The quantitative estimate of drug-likeness (QED) is 0.191. The van der Waals surface area contributed by atoms with E-state index < -0.39 is 18.4 Å². The maximum atomic E-state index is 16.0. The van der Waals surface area contributed by atoms with Gasteiger partial charge in [0.05, 0.1) is 6.04 Å². The number of ether oxygens (including phenoxy) is 1. The number of benzene rings is 5. The van der Waals surface area contributed by atoms with Crippen molar-refractivity contribution in [3.8, 4) is 5.75 Å². The summed E-state index contributed by atoms with van der Waals surface area (Å²) in [6.07, 6.45) is -1.91. The van der Waals surface area contributed by atoms with Crippen molar-refractivity contribution in [2.24, 2.45) is 0 Å². The number of rotatable bonds is 7. The highest BCUT2D eigenvalue weighted by atomic mass is 19.2. The lowest BCUT2D eigenvalue weighted by Crippen LogP contribution is -2.50. The Balaban J connectivity index is 0.970. The number of nitrogens with zero attached hydrogens (tertiary/aromatic N) is 2. The summed E-state index contributed by atoms with van der Waals surface area (Å²) >= 11 is 0. The van der Waals surface area contributed by atoms with E-state index >= 15 is 8.78 Å². The minimum atomic E-state index is -1.68. The molecule has 1 saturated heterocycles. The Hall–Kier alpha value is -3.84. The topological polar surface area (TPSA) is 35.9 Å². The van der Waals surface area contributed by atoms with Gasteiger partial charge < -0.3 is 9.84 Å². The van der Waals surface area contributed by atoms with Crippen molar-refractivity contribution >= 4 is 21.5 Å². The monoisotopic (exact) mass is 604 g/mol. The normalized spacial score (nSPS) is 23.0. The summed E-state index contributed by atoms with van der Waals surface area (Å²) in [5, 5.41) is 15.5. The maximum absolute atomic E-state index is 16.0. The number of hydrogen-bond acceptors (Lipinski definition) is 4. The zero-order valence-corrected chi connectivity index (χ0v) is 25.3. The third-order valence-electron chi connectivity index (χ3n) is 9.98. The van der Waals surface area contributed by atoms with Gasteiger partial charge in [0.1, 0.15) is 18.5 Å². The first kappa shape index (κ1) is 28.6. The lowest BCUT2D eigenvalue weighted by molar-refractivity contribution is 0.0403. The molecule has 0 amide bonds. The Kier molecular flexibility index (Phi) is 7.52. The molecule has 1 aliphatic heterocycles. The molecule has 6 heteroatoms. The predicted molar refractivity (Wildman–Crippen MR) is 175 cm³/mol. The molecule has 0 spiro atoms. The highest BCUT2D eigenvalue weighted by Gasteiger charge is 2.42. The molecule has 0 aromatic heterocycles. The van der Waals surface area contributed by atoms with E-state index in [0.717, 1.165) is 77.6 Å². The molecule has 5 aromatic carbocycles. The standard InChI is InChI=1S/C39H38F2N2O2/c40-37-31-10-3-4-11-32(31)39(33-13-6-12-30(25-15-16-25)36(33)38(37)41)43-19-17-42(18-20-43)23-29(44)24-45-35-14-5-9-28-21-26-7-1-2-8-27(26)22-34(28)35/h1-14,21-22,25,29,37-39,44H,15-20,23-24H2/t29-,37?,38?,39?/m1/s1. The number of aliphatic hydroxyl groups is 1. The second kappa shape index (κ2) is 11.8. The second-order valence-electron chi connectivity index (χ2n) is 12.9. The van der Waals surface area contributed by atoms with Gasteiger partial charge in [-0.15, -0.1) is 0 Å². The molecule has 3 aliphatic rings. The van der Waals surface area contributed by atoms with Gasteiger partial charge >= 0.3 is 0 Å². The van der Waals surface area contributed by atoms with Gasteiger partial charge in [-0.2, -0.15) is 0 Å². The smallest absolute Gasteiger partial charge is 0.161 e. The molecule has 3 unspecified atom stereocenters. The van der Waals surface area contributed by atoms with Gasteiger partial charge in [0, 0.05) is 38.1 Å². The van der Waals surface area contributed by atoms with Crippen molar-refractivity contribution in [2.75, 3.05) is 39.3 Å². The molecule has 0 bridgehead atoms. The highest BCUT2D eigenvalue weighted by molar-refractivity contribution is 6.00. The van der Waals surface area contributed by atoms with E-state index in [2.05, 4.69) is 40.1 Å². The van der Waals surface area contributed by atoms with Crippen LogP contribution in [-0.2, 0) is 0 Å². The number of fused-ring (bicyclic) bond motifs is 4. The third kappa shape index (κ3) is 5.39. The van der Waals surface area contributed by atoms with Crippen LogP contribution in [-0.4, -0.2) is 60.3 Å². The molecular weight excluding hydrogens is 566 g/mol. The van der Waals surface area contributed by atoms with Crippen LogP contribution in [0.1, 0.15) is 65.0 Å². The van der Waals surface area contributed by atoms with Crippen LogP contribution < -0.4 is 4.74 Å². The number of β-amino-alcohol motifs (C(OH)–C–C–N with tert-alkyl or cyclic N) is 1. The zero-order valence-electron chi connectivity index (χ0n) is 25.3. The van der Waals surface area contributed by atoms with Crippen molar-refractivity contribution < 1.29 is 18.6 Å². The van der Waals surface area contributed by atoms with E-state index in [9.17, 15) is 5.11 Å². The molecular formula is C39H38F2N2O2. The summed E-state index contributed by atoms with van der Waals surface area (Å²) in [5.41, 5.74) is 3.80. The largest absolute Gasteiger partial charge is 0.490 e. The van der Waals surface area contributed by atoms with E-state index in [4.69, 9.17) is 4.74 Å². The SMILES string of the molecule is O[C@@H](COc1cccc2cc3ccccc3cc12)CN1CCN(C2c3ccccc3C(F)C(F)c3c(C4CC4)cccc32)CC1. The first-order valence-corrected chi connectivity index (χ1v) is 16.2. The lowest BCUT2D eigenvalue weighted by atomic mass is 9.89. The van der Waals surface area contributed by atoms with E-state index in [1.165, 1.54) is 5.39 Å². The summed E-state index contributed by atoms with van der Waals surface area (Å²) in [7, 11) is 0. The lowest BCUT2D eigenvalue weighted by Gasteiger charge is -2.40. The van der Waals surface area contributed by atoms with E-state index in [1.807, 2.05) is 60.7 Å². The van der Waals surface area contributed by atoms with E-state index in [1.54, 1.807) is 6.07 Å². The molecule has 4 nitrogen and oxygen atoms in total. The minimum Gasteiger partial charge on any atom is -0.490 e. The number of aliphatic hydroxyl groups excluding tert-OH is 1. The van der Waals surface area contributed by atoms with E-state index in [-0.39, 0.29) is 12.6 Å². The van der Waals surface area contributed by atoms with Crippen LogP contribution in [0.2, 0.25) is 0 Å². The summed E-state index contributed by atoms with van der Waals surface area (Å²) in [6, 6.07) is 32.0. The van der Waals surface area contributed by atoms with Gasteiger partial charge in [0.2, 0.25) is 0 Å². The molecule has 4 atom stereocenters. The maximum Gasteiger partial charge on any atom is 0.161 e. The molecule has 8 rings (SSSR count). The molecule has 0 radical (unpaired) electrons. The van der Waals surface area contributed by atoms with Crippen LogP contribution >= 0.6 is 0 Å². The molecule has 230 valence electrons. The third-order valence-corrected chi connectivity index (χ3v) is 9.98. The van der Waals surface area contributed by atoms with Crippen LogP contribution in [0, 0.1) is 0 Å². The van der Waals surface area contributed by atoms with Gasteiger partial charge in [-0.1, -0.05) is 78.9 Å². The molecule has 2 aliphatic carbocycles. The zero-order chi connectivity index (χ0) is 30.5. The Morgan fingerprint density at radius 3 is 2.11 bits per heavy atom. The predicted octanol–water partition coefficient (Wildman–Crippen LogP) is 8.05. The molecule has 45 heavy (non-hydrogen) atoms. The van der Waals surface area contributed by atoms with Crippen molar-refractivity contribution in [1.82, 2.24) is 9.80 Å². The van der Waals surface area contributed by atoms with Crippen molar-refractivity contribution in [3.63, 3.8) is 0 Å². The minimum absolute atomic E-state index is 0.202. The highest BCUT2D eigenvalue weighted by Crippen LogP contribution is 2.53. The van der Waals surface area contributed by atoms with Crippen LogP contribution in [0.5, 0.6) is 5.75 Å². The van der Waals surface area contributed by atoms with Crippen LogP contribution in [0.15, 0.2) is 97.1 Å². The number of halogens is 2. The van der Waals surface area contributed by atoms with Crippen LogP contribution in [0.25, 0.3) is 21.5 Å². The molecule has 5 aromatic rings. The fourth-order valence-electron chi connectivity index (χ4n) is 7.59. The van der Waals surface area contributed by atoms with Gasteiger partial charge in [-0.25, -0.2) is 8.78 Å². The van der Waals surface area contributed by atoms with E-state index in [0.29, 0.717) is 23.6 Å². The van der Waals surface area contributed by atoms with Crippen LogP contribution in [0.4, 0.5) is 8.78 Å². The number of piperazine rings is 1. The average molecular weight is 605 g/mol. The first-order chi connectivity index (χ1) is 22.0. The molecule has 1 saturated carbocycles. The Labute approximate surface area is 262 Å². The summed E-state index contributed by atoms with van der Waals surface area (Å²) in [5.74, 6) is 1.11. The Morgan fingerprint density at radius 2 is 1.33 bits per heavy atom. The van der Waals surface area contributed by atoms with Crippen molar-refractivity contribution in [2.45, 2.75) is 43.2 Å². The van der Waals surface area contributed by atoms with Crippen molar-refractivity contribution in [3.05, 3.63) is 125 Å². The van der Waals surface area contributed by atoms with Crippen LogP contribution in [0.3, 0.4) is 0 Å². The van der Waals surface area contributed by atoms with Gasteiger partial charge in [0.25, 0.3) is 0 Å². The summed E-state index contributed by atoms with van der Waals surface area (Å²) in [4.78, 5) is 4.64. The summed E-state index contributed by atoms with van der Waals surface area (Å²) in [6.45, 7) is 3.70. The van der Waals surface area contributed by atoms with Crippen molar-refractivity contribution in [1.29, 1.82) is 0 Å². The molecule has 1 N–H and O–H groups in total. The Morgan fingerprint density at radius 1 is 0.689 bits per heavy atom. The molecule has 2 fully saturated rings. The average Bonchev–Trinajstić information content (AvgIpc) is 3.93. The second-order valence-corrected chi connectivity index (χ2v) is 12.9. The van der Waals surface area contributed by atoms with Gasteiger partial charge in [-0.3, -0.25) is 9.80 Å². The Bertz CT molecular complexity index is 1850. The summed E-state index contributed by atoms with van der Waals surface area (Å²) < 4.78 is 38.0. The van der Waals surface area contributed by atoms with Gasteiger partial charge in [0.15, 0.2) is 12.3 Å². The van der Waals surface area contributed by atoms with Gasteiger partial charge in [-0.05, 0) is 80.9 Å². The first-order valence-electron chi connectivity index (χ1n) is 16.2. The number of alkyl halides is 2. The fourth-order valence-corrected chi connectivity index (χ4v) is 7.59.